The van der Waals surface area contributed by atoms with Gasteiger partial charge in [-0.3, -0.25) is 5.32 Å². The first-order valence-electron chi connectivity index (χ1n) is 7.17. The second-order valence-corrected chi connectivity index (χ2v) is 7.10. The number of amides is 1. The number of anilines is 2. The lowest BCUT2D eigenvalue weighted by molar-refractivity contribution is 0.0635. The Labute approximate surface area is 138 Å². The molecule has 0 unspecified atom stereocenters. The number of rotatable bonds is 4. The molecule has 0 saturated carbocycles. The van der Waals surface area contributed by atoms with E-state index in [4.69, 9.17) is 4.74 Å². The first-order valence-corrected chi connectivity index (χ1v) is 8.05. The largest absolute Gasteiger partial charge is 0.444 e. The molecule has 7 heteroatoms. The van der Waals surface area contributed by atoms with E-state index in [-0.39, 0.29) is 5.69 Å². The van der Waals surface area contributed by atoms with Crippen molar-refractivity contribution in [3.63, 3.8) is 0 Å². The van der Waals surface area contributed by atoms with Gasteiger partial charge >= 0.3 is 6.09 Å². The SMILES string of the molecule is Cc1nc(CNc2ccc(F)c(NC(=O)OC(C)(C)C)c2)cs1. The van der Waals surface area contributed by atoms with Crippen LogP contribution in [-0.2, 0) is 11.3 Å². The van der Waals surface area contributed by atoms with E-state index in [9.17, 15) is 9.18 Å². The normalized spacial score (nSPS) is 11.2. The van der Waals surface area contributed by atoms with Crippen LogP contribution in [0.2, 0.25) is 0 Å². The van der Waals surface area contributed by atoms with Crippen molar-refractivity contribution in [1.29, 1.82) is 0 Å². The zero-order valence-electron chi connectivity index (χ0n) is 13.6. The van der Waals surface area contributed by atoms with Crippen molar-refractivity contribution >= 4 is 28.8 Å². The molecule has 2 rings (SSSR count). The van der Waals surface area contributed by atoms with Crippen molar-refractivity contribution in [2.45, 2.75) is 39.8 Å². The van der Waals surface area contributed by atoms with Gasteiger partial charge in [-0.15, -0.1) is 11.3 Å². The summed E-state index contributed by atoms with van der Waals surface area (Å²) < 4.78 is 18.9. The number of nitrogens with zero attached hydrogens (tertiary/aromatic N) is 1. The third-order valence-corrected chi connectivity index (χ3v) is 3.56. The molecule has 0 radical (unpaired) electrons. The average Bonchev–Trinajstić information content (AvgIpc) is 2.83. The molecule has 0 aliphatic carbocycles. The van der Waals surface area contributed by atoms with E-state index >= 15 is 0 Å². The molecule has 5 nitrogen and oxygen atoms in total. The van der Waals surface area contributed by atoms with Crippen LogP contribution in [0.3, 0.4) is 0 Å². The summed E-state index contributed by atoms with van der Waals surface area (Å²) >= 11 is 1.57. The summed E-state index contributed by atoms with van der Waals surface area (Å²) in [7, 11) is 0. The number of hydrogen-bond acceptors (Lipinski definition) is 5. The van der Waals surface area contributed by atoms with Crippen molar-refractivity contribution < 1.29 is 13.9 Å². The number of thiazole rings is 1. The molecule has 1 amide bonds. The molecule has 1 aromatic heterocycles. The molecular formula is C16H20FN3O2S. The first kappa shape index (κ1) is 17.2. The third kappa shape index (κ3) is 5.52. The summed E-state index contributed by atoms with van der Waals surface area (Å²) in [4.78, 5) is 16.1. The van der Waals surface area contributed by atoms with E-state index in [1.54, 1.807) is 38.2 Å². The third-order valence-electron chi connectivity index (χ3n) is 2.74. The van der Waals surface area contributed by atoms with Crippen molar-refractivity contribution in [3.05, 3.63) is 40.1 Å². The molecule has 2 aromatic rings. The van der Waals surface area contributed by atoms with Crippen LogP contribution in [0.4, 0.5) is 20.6 Å². The van der Waals surface area contributed by atoms with E-state index < -0.39 is 17.5 Å². The van der Waals surface area contributed by atoms with Crippen molar-refractivity contribution in [2.24, 2.45) is 0 Å². The Kier molecular flexibility index (Phi) is 5.20. The molecule has 0 spiro atoms. The molecule has 124 valence electrons. The fourth-order valence-electron chi connectivity index (χ4n) is 1.83. The highest BCUT2D eigenvalue weighted by Gasteiger charge is 2.17. The number of aromatic nitrogens is 1. The molecule has 2 N–H and O–H groups in total. The van der Waals surface area contributed by atoms with Crippen LogP contribution in [0.25, 0.3) is 0 Å². The Hall–Kier alpha value is -2.15. The average molecular weight is 337 g/mol. The minimum atomic E-state index is -0.691. The van der Waals surface area contributed by atoms with E-state index in [1.165, 1.54) is 12.1 Å². The van der Waals surface area contributed by atoms with Crippen LogP contribution in [0.15, 0.2) is 23.6 Å². The smallest absolute Gasteiger partial charge is 0.412 e. The Morgan fingerprint density at radius 1 is 1.39 bits per heavy atom. The van der Waals surface area contributed by atoms with Crippen molar-refractivity contribution in [2.75, 3.05) is 10.6 Å². The van der Waals surface area contributed by atoms with Gasteiger partial charge in [0.1, 0.15) is 11.4 Å². The van der Waals surface area contributed by atoms with Gasteiger partial charge in [-0.1, -0.05) is 0 Å². The molecule has 0 aliphatic heterocycles. The Bertz CT molecular complexity index is 695. The Balaban J connectivity index is 2.02. The van der Waals surface area contributed by atoms with Crippen molar-refractivity contribution in [3.8, 4) is 0 Å². The fourth-order valence-corrected chi connectivity index (χ4v) is 2.44. The topological polar surface area (TPSA) is 63.2 Å². The maximum absolute atomic E-state index is 13.8. The van der Waals surface area contributed by atoms with Crippen molar-refractivity contribution in [1.82, 2.24) is 4.98 Å². The highest BCUT2D eigenvalue weighted by atomic mass is 32.1. The number of ether oxygens (including phenoxy) is 1. The van der Waals surface area contributed by atoms with E-state index in [0.717, 1.165) is 10.7 Å². The van der Waals surface area contributed by atoms with Gasteiger partial charge in [-0.2, -0.15) is 0 Å². The van der Waals surface area contributed by atoms with Gasteiger partial charge in [-0.05, 0) is 45.9 Å². The molecule has 1 heterocycles. The minimum absolute atomic E-state index is 0.0682. The Morgan fingerprint density at radius 3 is 2.74 bits per heavy atom. The van der Waals surface area contributed by atoms with E-state index in [2.05, 4.69) is 15.6 Å². The number of hydrogen-bond donors (Lipinski definition) is 2. The van der Waals surface area contributed by atoms with E-state index in [1.807, 2.05) is 12.3 Å². The Morgan fingerprint density at radius 2 is 2.13 bits per heavy atom. The number of aryl methyl sites for hydroxylation is 1. The van der Waals surface area contributed by atoms with Crippen LogP contribution in [-0.4, -0.2) is 16.7 Å². The van der Waals surface area contributed by atoms with Gasteiger partial charge in [0.05, 0.1) is 22.9 Å². The standard InChI is InChI=1S/C16H20FN3O2S/c1-10-19-12(9-23-10)8-18-11-5-6-13(17)14(7-11)20-15(21)22-16(2,3)4/h5-7,9,18H,8H2,1-4H3,(H,20,21). The molecule has 23 heavy (non-hydrogen) atoms. The number of carbonyl (C=O) groups is 1. The molecule has 0 atom stereocenters. The fraction of sp³-hybridized carbons (Fsp3) is 0.375. The predicted octanol–water partition coefficient (Wildman–Crippen LogP) is 4.55. The summed E-state index contributed by atoms with van der Waals surface area (Å²) in [6, 6.07) is 4.43. The van der Waals surface area contributed by atoms with E-state index in [0.29, 0.717) is 12.2 Å². The molecule has 1 aromatic carbocycles. The van der Waals surface area contributed by atoms with Crippen LogP contribution in [0, 0.1) is 12.7 Å². The summed E-state index contributed by atoms with van der Waals surface area (Å²) in [5, 5.41) is 8.53. The second kappa shape index (κ2) is 6.95. The summed E-state index contributed by atoms with van der Waals surface area (Å²) in [6.07, 6.45) is -0.691. The maximum Gasteiger partial charge on any atom is 0.412 e. The number of halogens is 1. The highest BCUT2D eigenvalue weighted by molar-refractivity contribution is 7.09. The van der Waals surface area contributed by atoms with Crippen LogP contribution < -0.4 is 10.6 Å². The van der Waals surface area contributed by atoms with Gasteiger partial charge in [0.15, 0.2) is 0 Å². The highest BCUT2D eigenvalue weighted by Crippen LogP contribution is 2.21. The lowest BCUT2D eigenvalue weighted by Crippen LogP contribution is -2.27. The van der Waals surface area contributed by atoms with Gasteiger partial charge in [-0.25, -0.2) is 14.2 Å². The minimum Gasteiger partial charge on any atom is -0.444 e. The predicted molar refractivity (Wildman–Crippen MR) is 90.4 cm³/mol. The number of carbonyl (C=O) groups excluding carboxylic acids is 1. The lowest BCUT2D eigenvalue weighted by atomic mass is 10.2. The summed E-state index contributed by atoms with van der Waals surface area (Å²) in [6.45, 7) is 7.71. The first-order chi connectivity index (χ1) is 10.7. The molecule has 0 bridgehead atoms. The maximum atomic E-state index is 13.8. The van der Waals surface area contributed by atoms with Crippen LogP contribution >= 0.6 is 11.3 Å². The molecular weight excluding hydrogens is 317 g/mol. The van der Waals surface area contributed by atoms with Crippen LogP contribution in [0.5, 0.6) is 0 Å². The summed E-state index contributed by atoms with van der Waals surface area (Å²) in [5.74, 6) is -0.522. The molecule has 0 saturated heterocycles. The molecule has 0 aliphatic rings. The zero-order valence-corrected chi connectivity index (χ0v) is 14.4. The number of nitrogens with one attached hydrogen (secondary N) is 2. The van der Waals surface area contributed by atoms with Gasteiger partial charge in [0.25, 0.3) is 0 Å². The van der Waals surface area contributed by atoms with Gasteiger partial charge < -0.3 is 10.1 Å². The zero-order chi connectivity index (χ0) is 17.0. The monoisotopic (exact) mass is 337 g/mol. The second-order valence-electron chi connectivity index (χ2n) is 6.03. The quantitative estimate of drug-likeness (QED) is 0.859. The van der Waals surface area contributed by atoms with Gasteiger partial charge in [0.2, 0.25) is 0 Å². The lowest BCUT2D eigenvalue weighted by Gasteiger charge is -2.20. The van der Waals surface area contributed by atoms with Gasteiger partial charge in [0, 0.05) is 11.1 Å². The van der Waals surface area contributed by atoms with Crippen LogP contribution in [0.1, 0.15) is 31.5 Å². The summed E-state index contributed by atoms with van der Waals surface area (Å²) in [5.41, 5.74) is 1.03. The number of benzene rings is 1. The molecule has 0 fully saturated rings.